The predicted molar refractivity (Wildman–Crippen MR) is 107 cm³/mol. The number of amides is 2. The van der Waals surface area contributed by atoms with Gasteiger partial charge in [0, 0.05) is 28.6 Å². The molecule has 0 spiro atoms. The highest BCUT2D eigenvalue weighted by molar-refractivity contribution is 6.07. The van der Waals surface area contributed by atoms with Gasteiger partial charge in [0.05, 0.1) is 0 Å². The first kappa shape index (κ1) is 20.9. The van der Waals surface area contributed by atoms with Crippen molar-refractivity contribution in [2.75, 3.05) is 10.6 Å². The second kappa shape index (κ2) is 8.69. The lowest BCUT2D eigenvalue weighted by Gasteiger charge is -2.12. The molecule has 3 aromatic carbocycles. The Balaban J connectivity index is 1.75. The standard InChI is InChI=1S/C22H17F3N2O3/c1-14-10-11-16(12-19(14)27-20(28)15-6-3-2-4-7-15)21(29)26-17-8-5-9-18(13-17)30-22(23,24)25/h2-13H,1H3,(H,26,29)(H,27,28). The number of alkyl halides is 3. The van der Waals surface area contributed by atoms with Crippen molar-refractivity contribution >= 4 is 23.2 Å². The Bertz CT molecular complexity index is 1070. The van der Waals surface area contributed by atoms with E-state index in [1.165, 1.54) is 18.2 Å². The molecule has 2 amide bonds. The molecular formula is C22H17F3N2O3. The minimum atomic E-state index is -4.83. The van der Waals surface area contributed by atoms with Crippen molar-refractivity contribution in [1.29, 1.82) is 0 Å². The van der Waals surface area contributed by atoms with Crippen molar-refractivity contribution in [2.45, 2.75) is 13.3 Å². The topological polar surface area (TPSA) is 67.4 Å². The van der Waals surface area contributed by atoms with Gasteiger partial charge in [-0.25, -0.2) is 0 Å². The molecule has 0 bridgehead atoms. The Hall–Kier alpha value is -3.81. The lowest BCUT2D eigenvalue weighted by atomic mass is 10.1. The van der Waals surface area contributed by atoms with E-state index in [0.717, 1.165) is 17.7 Å². The number of carbonyl (C=O) groups is 2. The zero-order valence-electron chi connectivity index (χ0n) is 15.8. The molecule has 0 saturated heterocycles. The number of nitrogens with one attached hydrogen (secondary N) is 2. The fourth-order valence-corrected chi connectivity index (χ4v) is 2.66. The predicted octanol–water partition coefficient (Wildman–Crippen LogP) is 5.40. The average Bonchev–Trinajstić information content (AvgIpc) is 2.69. The van der Waals surface area contributed by atoms with Gasteiger partial charge in [-0.3, -0.25) is 9.59 Å². The summed E-state index contributed by atoms with van der Waals surface area (Å²) in [4.78, 5) is 24.9. The SMILES string of the molecule is Cc1ccc(C(=O)Nc2cccc(OC(F)(F)F)c2)cc1NC(=O)c1ccccc1. The quantitative estimate of drug-likeness (QED) is 0.588. The smallest absolute Gasteiger partial charge is 0.406 e. The maximum absolute atomic E-state index is 12.5. The molecule has 30 heavy (non-hydrogen) atoms. The average molecular weight is 414 g/mol. The summed E-state index contributed by atoms with van der Waals surface area (Å²) < 4.78 is 40.9. The number of hydrogen-bond donors (Lipinski definition) is 2. The number of halogens is 3. The van der Waals surface area contributed by atoms with Crippen molar-refractivity contribution in [2.24, 2.45) is 0 Å². The second-order valence-corrected chi connectivity index (χ2v) is 6.38. The first-order valence-electron chi connectivity index (χ1n) is 8.85. The third-order valence-electron chi connectivity index (χ3n) is 4.11. The van der Waals surface area contributed by atoms with E-state index in [9.17, 15) is 22.8 Å². The maximum atomic E-state index is 12.5. The van der Waals surface area contributed by atoms with Crippen molar-refractivity contribution < 1.29 is 27.5 Å². The Kier molecular flexibility index (Phi) is 6.06. The highest BCUT2D eigenvalue weighted by Crippen LogP contribution is 2.25. The molecule has 0 radical (unpaired) electrons. The molecule has 154 valence electrons. The zero-order chi connectivity index (χ0) is 21.7. The number of anilines is 2. The van der Waals surface area contributed by atoms with Crippen molar-refractivity contribution in [3.63, 3.8) is 0 Å². The van der Waals surface area contributed by atoms with Gasteiger partial charge in [-0.15, -0.1) is 13.2 Å². The molecule has 8 heteroatoms. The number of carbonyl (C=O) groups excluding carboxylic acids is 2. The second-order valence-electron chi connectivity index (χ2n) is 6.38. The van der Waals surface area contributed by atoms with Crippen LogP contribution in [0.2, 0.25) is 0 Å². The Morgan fingerprint density at radius 3 is 2.20 bits per heavy atom. The Morgan fingerprint density at radius 1 is 0.800 bits per heavy atom. The van der Waals surface area contributed by atoms with Crippen LogP contribution >= 0.6 is 0 Å². The first-order chi connectivity index (χ1) is 14.2. The van der Waals surface area contributed by atoms with Gasteiger partial charge in [-0.05, 0) is 48.9 Å². The van der Waals surface area contributed by atoms with Crippen molar-refractivity contribution in [3.8, 4) is 5.75 Å². The third-order valence-corrected chi connectivity index (χ3v) is 4.11. The van der Waals surface area contributed by atoms with Crippen LogP contribution in [-0.4, -0.2) is 18.2 Å². The summed E-state index contributed by atoms with van der Waals surface area (Å²) >= 11 is 0. The summed E-state index contributed by atoms with van der Waals surface area (Å²) in [5.74, 6) is -1.32. The van der Waals surface area contributed by atoms with Gasteiger partial charge in [0.1, 0.15) is 5.75 Å². The van der Waals surface area contributed by atoms with Gasteiger partial charge in [0.2, 0.25) is 0 Å². The van der Waals surface area contributed by atoms with E-state index in [0.29, 0.717) is 11.3 Å². The third kappa shape index (κ3) is 5.60. The van der Waals surface area contributed by atoms with Crippen molar-refractivity contribution in [1.82, 2.24) is 0 Å². The summed E-state index contributed by atoms with van der Waals surface area (Å²) in [6.45, 7) is 1.78. The van der Waals surface area contributed by atoms with E-state index in [1.54, 1.807) is 49.4 Å². The molecule has 0 atom stereocenters. The van der Waals surface area contributed by atoms with Crippen LogP contribution in [0, 0.1) is 6.92 Å². The molecule has 5 nitrogen and oxygen atoms in total. The van der Waals surface area contributed by atoms with Crippen LogP contribution in [0.3, 0.4) is 0 Å². The lowest BCUT2D eigenvalue weighted by Crippen LogP contribution is -2.18. The Morgan fingerprint density at radius 2 is 1.50 bits per heavy atom. The van der Waals surface area contributed by atoms with Gasteiger partial charge in [0.15, 0.2) is 0 Å². The minimum Gasteiger partial charge on any atom is -0.406 e. The van der Waals surface area contributed by atoms with Crippen molar-refractivity contribution in [3.05, 3.63) is 89.5 Å². The monoisotopic (exact) mass is 414 g/mol. The number of hydrogen-bond acceptors (Lipinski definition) is 3. The molecule has 0 heterocycles. The first-order valence-corrected chi connectivity index (χ1v) is 8.85. The summed E-state index contributed by atoms with van der Waals surface area (Å²) in [6.07, 6.45) is -4.83. The van der Waals surface area contributed by atoms with E-state index >= 15 is 0 Å². The molecule has 3 rings (SSSR count). The molecule has 0 aliphatic heterocycles. The summed E-state index contributed by atoms with van der Waals surface area (Å²) in [5, 5.41) is 5.27. The van der Waals surface area contributed by atoms with E-state index < -0.39 is 18.0 Å². The van der Waals surface area contributed by atoms with Gasteiger partial charge >= 0.3 is 6.36 Å². The van der Waals surface area contributed by atoms with Crippen LogP contribution in [0.4, 0.5) is 24.5 Å². The number of rotatable bonds is 5. The van der Waals surface area contributed by atoms with E-state index in [4.69, 9.17) is 0 Å². The largest absolute Gasteiger partial charge is 0.573 e. The van der Waals surface area contributed by atoms with Gasteiger partial charge in [-0.2, -0.15) is 0 Å². The van der Waals surface area contributed by atoms with E-state index in [-0.39, 0.29) is 17.2 Å². The summed E-state index contributed by atoms with van der Waals surface area (Å²) in [7, 11) is 0. The summed E-state index contributed by atoms with van der Waals surface area (Å²) in [5.41, 5.74) is 2.03. The number of aryl methyl sites for hydroxylation is 1. The normalized spacial score (nSPS) is 10.9. The fourth-order valence-electron chi connectivity index (χ4n) is 2.66. The van der Waals surface area contributed by atoms with Gasteiger partial charge in [0.25, 0.3) is 11.8 Å². The van der Waals surface area contributed by atoms with Gasteiger partial charge in [-0.1, -0.05) is 30.3 Å². The molecule has 0 aromatic heterocycles. The van der Waals surface area contributed by atoms with Crippen LogP contribution < -0.4 is 15.4 Å². The molecular weight excluding hydrogens is 397 g/mol. The minimum absolute atomic E-state index is 0.136. The molecule has 0 fully saturated rings. The van der Waals surface area contributed by atoms with Crippen LogP contribution in [0.1, 0.15) is 26.3 Å². The molecule has 3 aromatic rings. The van der Waals surface area contributed by atoms with Gasteiger partial charge < -0.3 is 15.4 Å². The maximum Gasteiger partial charge on any atom is 0.573 e. The highest BCUT2D eigenvalue weighted by Gasteiger charge is 2.31. The Labute approximate surface area is 170 Å². The highest BCUT2D eigenvalue weighted by atomic mass is 19.4. The van der Waals surface area contributed by atoms with Crippen LogP contribution in [0.15, 0.2) is 72.8 Å². The molecule has 0 aliphatic rings. The fraction of sp³-hybridized carbons (Fsp3) is 0.0909. The lowest BCUT2D eigenvalue weighted by molar-refractivity contribution is -0.274. The van der Waals surface area contributed by atoms with E-state index in [2.05, 4.69) is 15.4 Å². The molecule has 0 aliphatic carbocycles. The molecule has 0 saturated carbocycles. The van der Waals surface area contributed by atoms with E-state index in [1.807, 2.05) is 0 Å². The number of benzene rings is 3. The zero-order valence-corrected chi connectivity index (χ0v) is 15.8. The number of ether oxygens (including phenoxy) is 1. The summed E-state index contributed by atoms with van der Waals surface area (Å²) in [6, 6.07) is 18.3. The van der Waals surface area contributed by atoms with Crippen LogP contribution in [-0.2, 0) is 0 Å². The van der Waals surface area contributed by atoms with Crippen LogP contribution in [0.25, 0.3) is 0 Å². The molecule has 2 N–H and O–H groups in total. The van der Waals surface area contributed by atoms with Crippen LogP contribution in [0.5, 0.6) is 5.75 Å². The molecule has 0 unspecified atom stereocenters.